The summed E-state index contributed by atoms with van der Waals surface area (Å²) in [5.41, 5.74) is 7.28. The van der Waals surface area contributed by atoms with Crippen molar-refractivity contribution >= 4 is 11.3 Å². The molecule has 3 nitrogen and oxygen atoms in total. The van der Waals surface area contributed by atoms with E-state index in [2.05, 4.69) is 0 Å². The minimum Gasteiger partial charge on any atom is -0.491 e. The SMILES string of the molecule is COCCOc1ccccc1C(N)c1cccs1. The maximum Gasteiger partial charge on any atom is 0.124 e. The summed E-state index contributed by atoms with van der Waals surface area (Å²) in [6.45, 7) is 1.10. The number of para-hydroxylation sites is 1. The predicted octanol–water partition coefficient (Wildman–Crippen LogP) is 2.82. The fourth-order valence-electron chi connectivity index (χ4n) is 1.73. The molecule has 96 valence electrons. The summed E-state index contributed by atoms with van der Waals surface area (Å²) < 4.78 is 10.7. The molecular weight excluding hydrogens is 246 g/mol. The third kappa shape index (κ3) is 3.10. The van der Waals surface area contributed by atoms with Crippen LogP contribution in [0.25, 0.3) is 0 Å². The van der Waals surface area contributed by atoms with E-state index in [1.165, 1.54) is 0 Å². The molecule has 1 aromatic carbocycles. The molecule has 0 aliphatic heterocycles. The van der Waals surface area contributed by atoms with Crippen LogP contribution in [0.5, 0.6) is 5.75 Å². The Kier molecular flexibility index (Phi) is 4.75. The number of ether oxygens (including phenoxy) is 2. The highest BCUT2D eigenvalue weighted by Gasteiger charge is 2.14. The zero-order valence-corrected chi connectivity index (χ0v) is 11.2. The molecular formula is C14H17NO2S. The number of hydrogen-bond donors (Lipinski definition) is 1. The topological polar surface area (TPSA) is 44.5 Å². The van der Waals surface area contributed by atoms with Gasteiger partial charge in [0.15, 0.2) is 0 Å². The number of thiophene rings is 1. The fraction of sp³-hybridized carbons (Fsp3) is 0.286. The quantitative estimate of drug-likeness (QED) is 0.815. The van der Waals surface area contributed by atoms with E-state index in [-0.39, 0.29) is 6.04 Å². The summed E-state index contributed by atoms with van der Waals surface area (Å²) in [7, 11) is 1.66. The van der Waals surface area contributed by atoms with Crippen LogP contribution in [0.1, 0.15) is 16.5 Å². The first kappa shape index (κ1) is 13.1. The lowest BCUT2D eigenvalue weighted by atomic mass is 10.1. The molecule has 4 heteroatoms. The summed E-state index contributed by atoms with van der Waals surface area (Å²) in [4.78, 5) is 1.14. The fourth-order valence-corrected chi connectivity index (χ4v) is 2.47. The van der Waals surface area contributed by atoms with E-state index in [0.717, 1.165) is 16.2 Å². The predicted molar refractivity (Wildman–Crippen MR) is 74.2 cm³/mol. The van der Waals surface area contributed by atoms with Gasteiger partial charge in [0.1, 0.15) is 12.4 Å². The van der Waals surface area contributed by atoms with Gasteiger partial charge in [0, 0.05) is 17.6 Å². The summed E-state index contributed by atoms with van der Waals surface area (Å²) >= 11 is 1.66. The van der Waals surface area contributed by atoms with E-state index in [0.29, 0.717) is 13.2 Å². The molecule has 0 spiro atoms. The van der Waals surface area contributed by atoms with E-state index in [9.17, 15) is 0 Å². The maximum atomic E-state index is 6.26. The van der Waals surface area contributed by atoms with E-state index >= 15 is 0 Å². The van der Waals surface area contributed by atoms with Crippen LogP contribution in [-0.4, -0.2) is 20.3 Å². The first-order valence-corrected chi connectivity index (χ1v) is 6.70. The average Bonchev–Trinajstić information content (AvgIpc) is 2.93. The van der Waals surface area contributed by atoms with Gasteiger partial charge in [-0.3, -0.25) is 0 Å². The molecule has 0 aliphatic rings. The zero-order valence-electron chi connectivity index (χ0n) is 10.3. The molecule has 1 atom stereocenters. The molecule has 0 aliphatic carbocycles. The lowest BCUT2D eigenvalue weighted by Crippen LogP contribution is -2.13. The summed E-state index contributed by atoms with van der Waals surface area (Å²) in [6, 6.07) is 11.8. The average molecular weight is 263 g/mol. The highest BCUT2D eigenvalue weighted by molar-refractivity contribution is 7.10. The zero-order chi connectivity index (χ0) is 12.8. The number of methoxy groups -OCH3 is 1. The van der Waals surface area contributed by atoms with Crippen molar-refractivity contribution in [1.82, 2.24) is 0 Å². The van der Waals surface area contributed by atoms with Crippen molar-refractivity contribution in [2.24, 2.45) is 5.73 Å². The largest absolute Gasteiger partial charge is 0.491 e. The molecule has 0 fully saturated rings. The van der Waals surface area contributed by atoms with Crippen molar-refractivity contribution in [3.63, 3.8) is 0 Å². The van der Waals surface area contributed by atoms with Crippen LogP contribution < -0.4 is 10.5 Å². The Hall–Kier alpha value is -1.36. The van der Waals surface area contributed by atoms with Crippen LogP contribution in [0, 0.1) is 0 Å². The van der Waals surface area contributed by atoms with Crippen molar-refractivity contribution in [2.75, 3.05) is 20.3 Å². The number of rotatable bonds is 6. The van der Waals surface area contributed by atoms with Gasteiger partial charge in [-0.1, -0.05) is 24.3 Å². The minimum absolute atomic E-state index is 0.135. The molecule has 2 N–H and O–H groups in total. The van der Waals surface area contributed by atoms with E-state index in [1.807, 2.05) is 41.8 Å². The molecule has 0 saturated heterocycles. The van der Waals surface area contributed by atoms with Crippen molar-refractivity contribution < 1.29 is 9.47 Å². The summed E-state index contributed by atoms with van der Waals surface area (Å²) in [5, 5.41) is 2.03. The van der Waals surface area contributed by atoms with Gasteiger partial charge in [-0.25, -0.2) is 0 Å². The van der Waals surface area contributed by atoms with Gasteiger partial charge >= 0.3 is 0 Å². The van der Waals surface area contributed by atoms with Crippen molar-refractivity contribution in [3.05, 3.63) is 52.2 Å². The van der Waals surface area contributed by atoms with Gasteiger partial charge in [0.2, 0.25) is 0 Å². The molecule has 2 rings (SSSR count). The molecule has 0 amide bonds. The van der Waals surface area contributed by atoms with E-state index in [4.69, 9.17) is 15.2 Å². The highest BCUT2D eigenvalue weighted by Crippen LogP contribution is 2.30. The molecule has 18 heavy (non-hydrogen) atoms. The lowest BCUT2D eigenvalue weighted by Gasteiger charge is -2.15. The minimum atomic E-state index is -0.135. The Morgan fingerprint density at radius 3 is 2.72 bits per heavy atom. The van der Waals surface area contributed by atoms with Crippen LogP contribution in [0.3, 0.4) is 0 Å². The second kappa shape index (κ2) is 6.54. The molecule has 0 saturated carbocycles. The second-order valence-corrected chi connectivity index (χ2v) is 4.85. The highest BCUT2D eigenvalue weighted by atomic mass is 32.1. The van der Waals surface area contributed by atoms with Gasteiger partial charge in [0.25, 0.3) is 0 Å². The first-order valence-electron chi connectivity index (χ1n) is 5.82. The summed E-state index contributed by atoms with van der Waals surface area (Å²) in [5.74, 6) is 0.829. The van der Waals surface area contributed by atoms with Crippen molar-refractivity contribution in [3.8, 4) is 5.75 Å². The normalized spacial score (nSPS) is 12.3. The van der Waals surface area contributed by atoms with Gasteiger partial charge < -0.3 is 15.2 Å². The van der Waals surface area contributed by atoms with Gasteiger partial charge in [0.05, 0.1) is 12.6 Å². The van der Waals surface area contributed by atoms with Crippen LogP contribution in [-0.2, 0) is 4.74 Å². The Labute approximate surface area is 111 Å². The van der Waals surface area contributed by atoms with Gasteiger partial charge in [-0.2, -0.15) is 0 Å². The number of hydrogen-bond acceptors (Lipinski definition) is 4. The molecule has 1 unspecified atom stereocenters. The molecule has 0 radical (unpaired) electrons. The monoisotopic (exact) mass is 263 g/mol. The van der Waals surface area contributed by atoms with Crippen molar-refractivity contribution in [2.45, 2.75) is 6.04 Å². The summed E-state index contributed by atoms with van der Waals surface area (Å²) in [6.07, 6.45) is 0. The van der Waals surface area contributed by atoms with E-state index in [1.54, 1.807) is 18.4 Å². The van der Waals surface area contributed by atoms with Crippen molar-refractivity contribution in [1.29, 1.82) is 0 Å². The third-order valence-electron chi connectivity index (χ3n) is 2.65. The number of nitrogens with two attached hydrogens (primary N) is 1. The Morgan fingerprint density at radius 1 is 1.17 bits per heavy atom. The van der Waals surface area contributed by atoms with E-state index < -0.39 is 0 Å². The molecule has 1 heterocycles. The standard InChI is InChI=1S/C14H17NO2S/c1-16-8-9-17-12-6-3-2-5-11(12)14(15)13-7-4-10-18-13/h2-7,10,14H,8-9,15H2,1H3. The Balaban J connectivity index is 2.16. The van der Waals surface area contributed by atoms with Gasteiger partial charge in [-0.15, -0.1) is 11.3 Å². The van der Waals surface area contributed by atoms with Crippen LogP contribution >= 0.6 is 11.3 Å². The second-order valence-electron chi connectivity index (χ2n) is 3.87. The van der Waals surface area contributed by atoms with Crippen LogP contribution in [0.15, 0.2) is 41.8 Å². The molecule has 0 bridgehead atoms. The smallest absolute Gasteiger partial charge is 0.124 e. The molecule has 1 aromatic heterocycles. The third-order valence-corrected chi connectivity index (χ3v) is 3.60. The Bertz CT molecular complexity index is 470. The first-order chi connectivity index (χ1) is 8.83. The van der Waals surface area contributed by atoms with Crippen LogP contribution in [0.2, 0.25) is 0 Å². The number of benzene rings is 1. The maximum absolute atomic E-state index is 6.26. The van der Waals surface area contributed by atoms with Crippen LogP contribution in [0.4, 0.5) is 0 Å². The molecule has 2 aromatic rings. The van der Waals surface area contributed by atoms with Gasteiger partial charge in [-0.05, 0) is 17.5 Å². The lowest BCUT2D eigenvalue weighted by molar-refractivity contribution is 0.145. The Morgan fingerprint density at radius 2 is 2.00 bits per heavy atom.